The molecular formula is C10H21N3O. The maximum atomic E-state index is 11.8. The van der Waals surface area contributed by atoms with E-state index in [0.717, 1.165) is 26.2 Å². The first-order valence-electron chi connectivity index (χ1n) is 5.34. The Labute approximate surface area is 86.0 Å². The average Bonchev–Trinajstić information content (AvgIpc) is 2.13. The molecule has 4 heteroatoms. The lowest BCUT2D eigenvalue weighted by molar-refractivity contribution is -0.140. The molecule has 82 valence electrons. The first-order chi connectivity index (χ1) is 6.56. The molecule has 0 aromatic carbocycles. The van der Waals surface area contributed by atoms with Crippen LogP contribution in [0.25, 0.3) is 0 Å². The smallest absolute Gasteiger partial charge is 0.239 e. The predicted molar refractivity (Wildman–Crippen MR) is 56.9 cm³/mol. The van der Waals surface area contributed by atoms with Crippen molar-refractivity contribution >= 4 is 5.91 Å². The molecule has 1 saturated heterocycles. The Morgan fingerprint density at radius 2 is 2.21 bits per heavy atom. The molecule has 2 N–H and O–H groups in total. The lowest BCUT2D eigenvalue weighted by Crippen LogP contribution is -2.57. The molecule has 1 aliphatic rings. The Morgan fingerprint density at radius 1 is 1.57 bits per heavy atom. The summed E-state index contributed by atoms with van der Waals surface area (Å²) in [7, 11) is 0. The summed E-state index contributed by atoms with van der Waals surface area (Å²) in [4.78, 5) is 15.9. The predicted octanol–water partition coefficient (Wildman–Crippen LogP) is -0.114. The number of likely N-dealkylation sites (N-methyl/N-ethyl adjacent to an activating group) is 1. The zero-order valence-electron chi connectivity index (χ0n) is 9.36. The van der Waals surface area contributed by atoms with Gasteiger partial charge in [0.2, 0.25) is 5.91 Å². The molecule has 0 aliphatic carbocycles. The monoisotopic (exact) mass is 199 g/mol. The number of piperazine rings is 1. The van der Waals surface area contributed by atoms with Gasteiger partial charge in [-0.25, -0.2) is 0 Å². The molecule has 2 atom stereocenters. The van der Waals surface area contributed by atoms with Gasteiger partial charge < -0.3 is 10.6 Å². The molecule has 0 saturated carbocycles. The Morgan fingerprint density at radius 3 is 2.71 bits per heavy atom. The van der Waals surface area contributed by atoms with Crippen molar-refractivity contribution in [2.24, 2.45) is 5.73 Å². The largest absolute Gasteiger partial charge is 0.340 e. The molecule has 0 radical (unpaired) electrons. The van der Waals surface area contributed by atoms with Crippen LogP contribution >= 0.6 is 0 Å². The molecule has 1 amide bonds. The van der Waals surface area contributed by atoms with Gasteiger partial charge in [0.25, 0.3) is 0 Å². The molecule has 1 aliphatic heterocycles. The molecular weight excluding hydrogens is 178 g/mol. The number of nitrogens with two attached hydrogens (primary N) is 1. The third kappa shape index (κ3) is 2.45. The molecule has 4 nitrogen and oxygen atoms in total. The Hall–Kier alpha value is -0.610. The highest BCUT2D eigenvalue weighted by atomic mass is 16.2. The van der Waals surface area contributed by atoms with Gasteiger partial charge in [0.15, 0.2) is 0 Å². The van der Waals surface area contributed by atoms with Crippen molar-refractivity contribution in [3.05, 3.63) is 0 Å². The number of hydrogen-bond donors (Lipinski definition) is 1. The normalized spacial score (nSPS) is 26.7. The summed E-state index contributed by atoms with van der Waals surface area (Å²) in [6.07, 6.45) is 0. The number of hydrogen-bond acceptors (Lipinski definition) is 3. The van der Waals surface area contributed by atoms with E-state index in [1.54, 1.807) is 0 Å². The first-order valence-corrected chi connectivity index (χ1v) is 5.34. The first kappa shape index (κ1) is 11.5. The summed E-state index contributed by atoms with van der Waals surface area (Å²) in [6.45, 7) is 9.37. The van der Waals surface area contributed by atoms with E-state index < -0.39 is 0 Å². The fourth-order valence-electron chi connectivity index (χ4n) is 1.91. The summed E-state index contributed by atoms with van der Waals surface area (Å²) in [5.74, 6) is 0.236. The molecule has 14 heavy (non-hydrogen) atoms. The SMILES string of the molecule is CCN1CCN(CC(C)N)C(C)C1=O. The maximum Gasteiger partial charge on any atom is 0.239 e. The molecule has 0 spiro atoms. The van der Waals surface area contributed by atoms with Crippen molar-refractivity contribution in [3.63, 3.8) is 0 Å². The Kier molecular flexibility index (Phi) is 3.89. The van der Waals surface area contributed by atoms with Crippen molar-refractivity contribution < 1.29 is 4.79 Å². The molecule has 2 unspecified atom stereocenters. The van der Waals surface area contributed by atoms with Crippen LogP contribution in [0.1, 0.15) is 20.8 Å². The molecule has 1 fully saturated rings. The highest BCUT2D eigenvalue weighted by Crippen LogP contribution is 2.10. The van der Waals surface area contributed by atoms with Crippen LogP contribution in [0, 0.1) is 0 Å². The van der Waals surface area contributed by atoms with Crippen LogP contribution in [0.15, 0.2) is 0 Å². The van der Waals surface area contributed by atoms with Gasteiger partial charge in [-0.15, -0.1) is 0 Å². The zero-order chi connectivity index (χ0) is 10.7. The molecule has 0 aromatic rings. The van der Waals surface area contributed by atoms with E-state index in [1.165, 1.54) is 0 Å². The summed E-state index contributed by atoms with van der Waals surface area (Å²) in [5, 5.41) is 0. The van der Waals surface area contributed by atoms with Crippen LogP contribution in [-0.4, -0.2) is 54.0 Å². The summed E-state index contributed by atoms with van der Waals surface area (Å²) in [5.41, 5.74) is 5.73. The molecule has 0 aromatic heterocycles. The van der Waals surface area contributed by atoms with Gasteiger partial charge in [-0.2, -0.15) is 0 Å². The molecule has 1 rings (SSSR count). The van der Waals surface area contributed by atoms with Gasteiger partial charge >= 0.3 is 0 Å². The van der Waals surface area contributed by atoms with E-state index in [9.17, 15) is 4.79 Å². The minimum atomic E-state index is -0.00491. The number of carbonyl (C=O) groups is 1. The van der Waals surface area contributed by atoms with Crippen LogP contribution in [0.2, 0.25) is 0 Å². The quantitative estimate of drug-likeness (QED) is 0.690. The maximum absolute atomic E-state index is 11.8. The summed E-state index contributed by atoms with van der Waals surface area (Å²) >= 11 is 0. The van der Waals surface area contributed by atoms with Gasteiger partial charge in [-0.05, 0) is 20.8 Å². The minimum absolute atomic E-state index is 0.00491. The van der Waals surface area contributed by atoms with Crippen molar-refractivity contribution in [1.82, 2.24) is 9.80 Å². The van der Waals surface area contributed by atoms with E-state index in [2.05, 4.69) is 4.90 Å². The second-order valence-electron chi connectivity index (χ2n) is 4.07. The van der Waals surface area contributed by atoms with Gasteiger partial charge in [-0.3, -0.25) is 9.69 Å². The molecule has 1 heterocycles. The van der Waals surface area contributed by atoms with Crippen LogP contribution in [0.5, 0.6) is 0 Å². The minimum Gasteiger partial charge on any atom is -0.340 e. The van der Waals surface area contributed by atoms with Crippen LogP contribution in [-0.2, 0) is 4.79 Å². The highest BCUT2D eigenvalue weighted by Gasteiger charge is 2.30. The van der Waals surface area contributed by atoms with Crippen molar-refractivity contribution in [1.29, 1.82) is 0 Å². The van der Waals surface area contributed by atoms with Crippen LogP contribution in [0.3, 0.4) is 0 Å². The summed E-state index contributed by atoms with van der Waals surface area (Å²) < 4.78 is 0. The average molecular weight is 199 g/mol. The van der Waals surface area contributed by atoms with Crippen LogP contribution < -0.4 is 5.73 Å². The number of rotatable bonds is 3. The highest BCUT2D eigenvalue weighted by molar-refractivity contribution is 5.82. The van der Waals surface area contributed by atoms with Crippen molar-refractivity contribution in [2.75, 3.05) is 26.2 Å². The third-order valence-corrected chi connectivity index (χ3v) is 2.78. The van der Waals surface area contributed by atoms with Gasteiger partial charge in [0.05, 0.1) is 6.04 Å². The summed E-state index contributed by atoms with van der Waals surface area (Å²) in [6, 6.07) is 0.133. The van der Waals surface area contributed by atoms with Crippen LogP contribution in [0.4, 0.5) is 0 Å². The van der Waals surface area contributed by atoms with E-state index in [1.807, 2.05) is 25.7 Å². The van der Waals surface area contributed by atoms with Crippen molar-refractivity contribution in [2.45, 2.75) is 32.9 Å². The Balaban J connectivity index is 2.55. The second kappa shape index (κ2) is 4.75. The number of carbonyl (C=O) groups excluding carboxylic acids is 1. The number of nitrogens with zero attached hydrogens (tertiary/aromatic N) is 2. The van der Waals surface area contributed by atoms with Gasteiger partial charge in [0, 0.05) is 32.2 Å². The lowest BCUT2D eigenvalue weighted by Gasteiger charge is -2.39. The van der Waals surface area contributed by atoms with E-state index in [4.69, 9.17) is 5.73 Å². The van der Waals surface area contributed by atoms with Gasteiger partial charge in [-0.1, -0.05) is 0 Å². The topological polar surface area (TPSA) is 49.6 Å². The third-order valence-electron chi connectivity index (χ3n) is 2.78. The lowest BCUT2D eigenvalue weighted by atomic mass is 10.1. The standard InChI is InChI=1S/C10H21N3O/c1-4-12-5-6-13(7-8(2)11)9(3)10(12)14/h8-9H,4-7,11H2,1-3H3. The second-order valence-corrected chi connectivity index (χ2v) is 4.07. The van der Waals surface area contributed by atoms with E-state index in [-0.39, 0.29) is 18.0 Å². The van der Waals surface area contributed by atoms with E-state index >= 15 is 0 Å². The molecule has 0 bridgehead atoms. The van der Waals surface area contributed by atoms with Crippen molar-refractivity contribution in [3.8, 4) is 0 Å². The fraction of sp³-hybridized carbons (Fsp3) is 0.900. The fourth-order valence-corrected chi connectivity index (χ4v) is 1.91. The Bertz CT molecular complexity index is 206. The zero-order valence-corrected chi connectivity index (χ0v) is 9.36. The number of amides is 1. The van der Waals surface area contributed by atoms with E-state index in [0.29, 0.717) is 0 Å². The van der Waals surface area contributed by atoms with Gasteiger partial charge in [0.1, 0.15) is 0 Å².